The number of methoxy groups -OCH3 is 1. The molecule has 0 fully saturated rings. The normalized spacial score (nSPS) is 17.2. The fraction of sp³-hybridized carbons (Fsp3) is 0.414. The monoisotopic (exact) mass is 1070 g/mol. The average Bonchev–Trinajstić information content (AvgIpc) is 3.89. The van der Waals surface area contributed by atoms with E-state index in [0.29, 0.717) is 65.7 Å². The van der Waals surface area contributed by atoms with Crippen molar-refractivity contribution in [2.45, 2.75) is 108 Å². The Morgan fingerprint density at radius 3 is 2.11 bits per heavy atom. The molecule has 0 radical (unpaired) electrons. The Morgan fingerprint density at radius 2 is 1.44 bits per heavy atom. The number of sulfone groups is 1. The highest BCUT2D eigenvalue weighted by Crippen LogP contribution is 2.43. The first-order valence-electron chi connectivity index (χ1n) is 25.7. The molecule has 4 aliphatic rings. The maximum Gasteiger partial charge on any atom is 0.260 e. The molecule has 0 bridgehead atoms. The lowest BCUT2D eigenvalue weighted by Gasteiger charge is -2.25. The second-order valence-electron chi connectivity index (χ2n) is 20.7. The van der Waals surface area contributed by atoms with E-state index >= 15 is 0 Å². The molecule has 3 amide bonds. The summed E-state index contributed by atoms with van der Waals surface area (Å²) in [7, 11) is 3.11. The van der Waals surface area contributed by atoms with Gasteiger partial charge >= 0.3 is 0 Å². The molecular formula is C58H67N5O9S3. The molecule has 0 aliphatic carbocycles. The zero-order valence-electron chi connectivity index (χ0n) is 43.8. The highest BCUT2D eigenvalue weighted by molar-refractivity contribution is 8.77. The third-order valence-corrected chi connectivity index (χ3v) is 19.5. The predicted molar refractivity (Wildman–Crippen MR) is 301 cm³/mol. The Kier molecular flexibility index (Phi) is 16.3. The van der Waals surface area contributed by atoms with Crippen LogP contribution in [0.1, 0.15) is 101 Å². The summed E-state index contributed by atoms with van der Waals surface area (Å²) in [6, 6.07) is 29.7. The summed E-state index contributed by atoms with van der Waals surface area (Å²) in [5, 5.41) is 5.00. The van der Waals surface area contributed by atoms with E-state index in [2.05, 4.69) is 27.7 Å². The number of benzene rings is 5. The molecule has 0 aromatic heterocycles. The fourth-order valence-corrected chi connectivity index (χ4v) is 14.7. The van der Waals surface area contributed by atoms with Gasteiger partial charge in [-0.1, -0.05) is 64.9 Å². The van der Waals surface area contributed by atoms with Crippen LogP contribution in [0.4, 0.5) is 22.7 Å². The first-order chi connectivity index (χ1) is 35.9. The minimum Gasteiger partial charge on any atom is -0.493 e. The zero-order chi connectivity index (χ0) is 53.2. The number of aryl methyl sites for hydroxylation is 2. The number of nitrogens with one attached hydrogen (secondary N) is 2. The van der Waals surface area contributed by atoms with Gasteiger partial charge in [0.2, 0.25) is 5.91 Å². The van der Waals surface area contributed by atoms with Gasteiger partial charge in [-0.15, -0.1) is 0 Å². The summed E-state index contributed by atoms with van der Waals surface area (Å²) in [6.07, 6.45) is 5.22. The van der Waals surface area contributed by atoms with E-state index in [0.717, 1.165) is 64.8 Å². The van der Waals surface area contributed by atoms with Crippen LogP contribution in [0.25, 0.3) is 0 Å². The van der Waals surface area contributed by atoms with Crippen LogP contribution >= 0.6 is 21.6 Å². The van der Waals surface area contributed by atoms with Gasteiger partial charge < -0.3 is 39.5 Å². The molecule has 75 heavy (non-hydrogen) atoms. The van der Waals surface area contributed by atoms with E-state index in [4.69, 9.17) is 14.2 Å². The molecule has 5 aromatic rings. The number of hydrogen-bond donors (Lipinski definition) is 2. The van der Waals surface area contributed by atoms with Gasteiger partial charge in [-0.05, 0) is 148 Å². The first-order valence-corrected chi connectivity index (χ1v) is 30.0. The molecule has 0 spiro atoms. The zero-order valence-corrected chi connectivity index (χ0v) is 46.3. The van der Waals surface area contributed by atoms with Gasteiger partial charge in [-0.25, -0.2) is 8.42 Å². The number of para-hydroxylation sites is 2. The Labute approximate surface area is 448 Å². The maximum absolute atomic E-state index is 14.2. The molecule has 4 heterocycles. The van der Waals surface area contributed by atoms with Gasteiger partial charge in [0.05, 0.1) is 30.9 Å². The number of carbonyl (C=O) groups excluding carboxylic acids is 4. The summed E-state index contributed by atoms with van der Waals surface area (Å²) in [4.78, 5) is 60.9. The third kappa shape index (κ3) is 12.0. The van der Waals surface area contributed by atoms with E-state index in [9.17, 15) is 27.6 Å². The number of ether oxygens (including phenoxy) is 3. The number of likely N-dealkylation sites (N-methyl/N-ethyl adjacent to an activating group) is 2. The van der Waals surface area contributed by atoms with Crippen molar-refractivity contribution in [3.63, 3.8) is 0 Å². The molecule has 5 aromatic carbocycles. The molecule has 1 unspecified atom stereocenters. The van der Waals surface area contributed by atoms with Crippen molar-refractivity contribution in [2.75, 3.05) is 65.8 Å². The first kappa shape index (κ1) is 53.8. The molecule has 17 heteroatoms. The largest absolute Gasteiger partial charge is 0.493 e. The van der Waals surface area contributed by atoms with Gasteiger partial charge in [-0.2, -0.15) is 0 Å². The number of rotatable bonds is 21. The molecule has 0 saturated carbocycles. The van der Waals surface area contributed by atoms with Crippen LogP contribution in [0, 0.1) is 6.92 Å². The Morgan fingerprint density at radius 1 is 0.800 bits per heavy atom. The third-order valence-electron chi connectivity index (χ3n) is 14.6. The van der Waals surface area contributed by atoms with E-state index in [1.807, 2.05) is 117 Å². The van der Waals surface area contributed by atoms with Gasteiger partial charge in [0.15, 0.2) is 27.1 Å². The molecule has 3 atom stereocenters. The van der Waals surface area contributed by atoms with Gasteiger partial charge in [0.1, 0.15) is 24.2 Å². The maximum atomic E-state index is 14.2. The number of Topliss-reactive ketones (excluding diaryl/α,β-unsaturated/α-hetero) is 1. The van der Waals surface area contributed by atoms with Crippen molar-refractivity contribution >= 4 is 77.7 Å². The quantitative estimate of drug-likeness (QED) is 0.0528. The van der Waals surface area contributed by atoms with Crippen molar-refractivity contribution in [1.29, 1.82) is 0 Å². The van der Waals surface area contributed by atoms with Crippen LogP contribution in [0.2, 0.25) is 0 Å². The minimum absolute atomic E-state index is 0.0151. The second kappa shape index (κ2) is 22.7. The Bertz CT molecular complexity index is 3130. The molecule has 4 aliphatic heterocycles. The Hall–Kier alpha value is -6.01. The van der Waals surface area contributed by atoms with Crippen molar-refractivity contribution in [3.8, 4) is 17.2 Å². The summed E-state index contributed by atoms with van der Waals surface area (Å²) in [6.45, 7) is 9.44. The summed E-state index contributed by atoms with van der Waals surface area (Å²) in [5.74, 6) is 1.48. The Balaban J connectivity index is 0.913. The average molecular weight is 1070 g/mol. The van der Waals surface area contributed by atoms with Crippen molar-refractivity contribution < 1.29 is 41.8 Å². The summed E-state index contributed by atoms with van der Waals surface area (Å²) in [5.41, 5.74) is 10.2. The van der Waals surface area contributed by atoms with Crippen LogP contribution in [0.15, 0.2) is 91.0 Å². The predicted octanol–water partition coefficient (Wildman–Crippen LogP) is 9.56. The standard InChI is InChI=1S/C58H67N5O9S3/c1-8-59-32-50(64)54(75(7,68)69)20-22-73-74-58(3,4)21-19-55(65)60-42-25-37(34-71-51-31-49-46(23-36(51)2)57(67)63-44(33-61(49)5)28-41-14-10-12-16-48(41)63)24-38(26-42)35-72-53-29-39-17-18-43-27-40-13-9-11-15-47(40)62(43)56(66)45(39)30-52(53)70-6/h9-16,23-26,29-31,43-44,54,59H,8,17-22,27-28,32-35H2,1-7H3,(H,60,65)/t43-,44+,54?/m1/s1. The molecule has 14 nitrogen and oxygen atoms in total. The number of nitrogens with zero attached hydrogens (tertiary/aromatic N) is 3. The number of fused-ring (bicyclic) bond motifs is 8. The molecule has 9 rings (SSSR count). The van der Waals surface area contributed by atoms with Crippen LogP contribution in [0.5, 0.6) is 17.2 Å². The lowest BCUT2D eigenvalue weighted by atomic mass is 9.99. The van der Waals surface area contributed by atoms with Crippen LogP contribution in [-0.4, -0.2) is 99.8 Å². The molecular weight excluding hydrogens is 1010 g/mol. The lowest BCUT2D eigenvalue weighted by Crippen LogP contribution is -2.41. The highest BCUT2D eigenvalue weighted by Gasteiger charge is 2.40. The van der Waals surface area contributed by atoms with Crippen LogP contribution in [-0.2, 0) is 51.9 Å². The van der Waals surface area contributed by atoms with Gasteiger partial charge in [0, 0.05) is 71.5 Å². The molecule has 396 valence electrons. The van der Waals surface area contributed by atoms with E-state index < -0.39 is 15.1 Å². The van der Waals surface area contributed by atoms with Gasteiger partial charge in [0.25, 0.3) is 11.8 Å². The number of anilines is 4. The number of carbonyl (C=O) groups is 4. The number of hydrogen-bond acceptors (Lipinski definition) is 13. The number of ketones is 1. The topological polar surface area (TPSA) is 164 Å². The summed E-state index contributed by atoms with van der Waals surface area (Å²) < 4.78 is 43.6. The minimum atomic E-state index is -3.56. The molecule has 2 N–H and O–H groups in total. The smallest absolute Gasteiger partial charge is 0.260 e. The fourth-order valence-electron chi connectivity index (χ4n) is 10.8. The SMILES string of the molecule is CCNCC(=O)C(CCSSC(C)(C)CCC(=O)Nc1cc(COc2cc3c(cc2C)C(=O)N2c4ccccc4C[C@H]2CN3C)cc(COc2cc3c(cc2OC)C(=O)N2c4ccccc4C[C@H]2CC3)c1)S(C)(=O)=O. The van der Waals surface area contributed by atoms with E-state index in [1.54, 1.807) is 24.0 Å². The van der Waals surface area contributed by atoms with E-state index in [-0.39, 0.29) is 72.9 Å². The molecule has 0 saturated heterocycles. The van der Waals surface area contributed by atoms with Crippen LogP contribution < -0.4 is 39.5 Å². The van der Waals surface area contributed by atoms with Crippen molar-refractivity contribution in [1.82, 2.24) is 5.32 Å². The lowest BCUT2D eigenvalue weighted by molar-refractivity contribution is -0.118. The van der Waals surface area contributed by atoms with E-state index in [1.165, 1.54) is 21.9 Å². The highest BCUT2D eigenvalue weighted by atomic mass is 33.1. The second-order valence-corrected chi connectivity index (χ2v) is 26.1. The number of amides is 3. The summed E-state index contributed by atoms with van der Waals surface area (Å²) >= 11 is 0. The van der Waals surface area contributed by atoms with Gasteiger partial charge in [-0.3, -0.25) is 19.2 Å². The van der Waals surface area contributed by atoms with Crippen molar-refractivity contribution in [2.24, 2.45) is 0 Å². The van der Waals surface area contributed by atoms with Crippen LogP contribution in [0.3, 0.4) is 0 Å². The van der Waals surface area contributed by atoms with Crippen molar-refractivity contribution in [3.05, 3.63) is 136 Å².